The summed E-state index contributed by atoms with van der Waals surface area (Å²) in [4.78, 5) is 35.0. The first kappa shape index (κ1) is 33.8. The number of fused-ring (bicyclic) bond motifs is 1. The molecule has 4 N–H and O–H groups in total. The van der Waals surface area contributed by atoms with Crippen molar-refractivity contribution in [3.63, 3.8) is 0 Å². The number of rotatable bonds is 9. The molecule has 3 aliphatic rings. The number of carbonyl (C=O) groups is 2. The summed E-state index contributed by atoms with van der Waals surface area (Å²) in [5.74, 6) is -0.410. The van der Waals surface area contributed by atoms with Crippen molar-refractivity contribution in [1.29, 1.82) is 5.41 Å². The number of nitrogens with zero attached hydrogens (tertiary/aromatic N) is 2. The maximum absolute atomic E-state index is 16.3. The molecule has 0 radical (unpaired) electrons. The third kappa shape index (κ3) is 6.16. The molecule has 47 heavy (non-hydrogen) atoms. The molecule has 1 aromatic carbocycles. The topological polar surface area (TPSA) is 132 Å². The molecule has 1 saturated carbocycles. The highest BCUT2D eigenvalue weighted by Gasteiger charge is 2.53. The summed E-state index contributed by atoms with van der Waals surface area (Å²) in [6, 6.07) is 2.59. The molecule has 3 aromatic rings. The Balaban J connectivity index is 1.26. The highest BCUT2D eigenvalue weighted by atomic mass is 32.1. The molecule has 4 atom stereocenters. The van der Waals surface area contributed by atoms with Gasteiger partial charge >= 0.3 is 7.12 Å². The fraction of sp³-hybridized carbons (Fsp3) is 0.588. The van der Waals surface area contributed by atoms with E-state index in [-0.39, 0.29) is 42.0 Å². The van der Waals surface area contributed by atoms with E-state index in [9.17, 15) is 9.59 Å². The largest absolute Gasteiger partial charge is 0.512 e. The number of nitrogens with one attached hydrogen (secondary N) is 4. The number of halogens is 1. The summed E-state index contributed by atoms with van der Waals surface area (Å²) in [6.45, 7) is 16.3. The predicted octanol–water partition coefficient (Wildman–Crippen LogP) is 4.76. The Hall–Kier alpha value is -3.13. The van der Waals surface area contributed by atoms with Crippen LogP contribution in [0.25, 0.3) is 22.2 Å². The van der Waals surface area contributed by atoms with E-state index in [1.165, 1.54) is 16.3 Å². The number of H-pyrrole nitrogens is 1. The second kappa shape index (κ2) is 12.4. The normalized spacial score (nSPS) is 25.6. The fourth-order valence-electron chi connectivity index (χ4n) is 6.80. The van der Waals surface area contributed by atoms with Crippen molar-refractivity contribution in [2.45, 2.75) is 104 Å². The zero-order valence-electron chi connectivity index (χ0n) is 28.5. The smallest absolute Gasteiger partial charge is 0.398 e. The monoisotopic (exact) mass is 664 g/mol. The van der Waals surface area contributed by atoms with E-state index in [4.69, 9.17) is 19.7 Å². The van der Waals surface area contributed by atoms with Gasteiger partial charge in [-0.25, -0.2) is 14.8 Å². The van der Waals surface area contributed by atoms with Gasteiger partial charge in [-0.2, -0.15) is 0 Å². The van der Waals surface area contributed by atoms with E-state index in [0.29, 0.717) is 40.5 Å². The van der Waals surface area contributed by atoms with Crippen LogP contribution in [-0.2, 0) is 31.7 Å². The lowest BCUT2D eigenvalue weighted by molar-refractivity contribution is -0.141. The predicted molar refractivity (Wildman–Crippen MR) is 183 cm³/mol. The highest BCUT2D eigenvalue weighted by molar-refractivity contribution is 7.10. The van der Waals surface area contributed by atoms with Gasteiger partial charge in [-0.1, -0.05) is 26.8 Å². The number of hydrogen-bond acceptors (Lipinski definition) is 8. The van der Waals surface area contributed by atoms with E-state index in [0.717, 1.165) is 29.4 Å². The number of aromatic amines is 1. The first-order valence-electron chi connectivity index (χ1n) is 16.7. The number of carbonyl (C=O) groups excluding carboxylic acids is 2. The Morgan fingerprint density at radius 2 is 1.89 bits per heavy atom. The van der Waals surface area contributed by atoms with E-state index in [2.05, 4.69) is 15.7 Å². The van der Waals surface area contributed by atoms with Crippen molar-refractivity contribution in [3.05, 3.63) is 33.9 Å². The number of thiazole rings is 1. The number of aryl methyl sites for hydroxylation is 1. The van der Waals surface area contributed by atoms with Crippen LogP contribution in [0.1, 0.15) is 78.8 Å². The van der Waals surface area contributed by atoms with Crippen LogP contribution in [0.15, 0.2) is 17.5 Å². The number of amides is 2. The Labute approximate surface area is 280 Å². The van der Waals surface area contributed by atoms with Crippen LogP contribution < -0.4 is 16.3 Å². The van der Waals surface area contributed by atoms with Gasteiger partial charge in [0.25, 0.3) is 5.91 Å². The summed E-state index contributed by atoms with van der Waals surface area (Å²) in [5.41, 5.74) is 5.43. The molecule has 2 amide bonds. The van der Waals surface area contributed by atoms with Crippen molar-refractivity contribution in [2.75, 3.05) is 6.54 Å². The molecular formula is C34H46BFN6O4S. The van der Waals surface area contributed by atoms with E-state index < -0.39 is 30.2 Å². The SMILES string of the molecule is CCc1c(B2OC(C)(C)C(C)(C)O2)[nH]c2c(F)c(-c3csc(CC(NC(=O)C4C(C)C4C)C(=O)N4CCCC(C(C)=N)N4)n3)ccc12. The number of aromatic nitrogens is 2. The third-order valence-electron chi connectivity index (χ3n) is 10.8. The molecule has 3 fully saturated rings. The molecule has 4 heterocycles. The lowest BCUT2D eigenvalue weighted by Gasteiger charge is -2.35. The van der Waals surface area contributed by atoms with Crippen LogP contribution in [0.4, 0.5) is 4.39 Å². The first-order valence-corrected chi connectivity index (χ1v) is 17.6. The number of hydrazine groups is 1. The van der Waals surface area contributed by atoms with Gasteiger partial charge < -0.3 is 25.0 Å². The second-order valence-electron chi connectivity index (χ2n) is 14.4. The summed E-state index contributed by atoms with van der Waals surface area (Å²) >= 11 is 1.34. The summed E-state index contributed by atoms with van der Waals surface area (Å²) in [6.07, 6.45) is 2.38. The van der Waals surface area contributed by atoms with Crippen molar-refractivity contribution in [2.24, 2.45) is 17.8 Å². The van der Waals surface area contributed by atoms with Crippen LogP contribution in [0.3, 0.4) is 0 Å². The molecule has 252 valence electrons. The average Bonchev–Trinajstić information content (AvgIpc) is 3.36. The maximum atomic E-state index is 16.3. The van der Waals surface area contributed by atoms with Gasteiger partial charge in [-0.05, 0) is 77.3 Å². The van der Waals surface area contributed by atoms with E-state index in [1.807, 2.05) is 54.5 Å². The Kier molecular flexibility index (Phi) is 8.91. The van der Waals surface area contributed by atoms with Crippen LogP contribution >= 0.6 is 11.3 Å². The van der Waals surface area contributed by atoms with Crippen LogP contribution in [0.2, 0.25) is 0 Å². The van der Waals surface area contributed by atoms with Gasteiger partial charge in [0.05, 0.1) is 33.5 Å². The minimum absolute atomic E-state index is 0.125. The van der Waals surface area contributed by atoms with E-state index >= 15 is 4.39 Å². The van der Waals surface area contributed by atoms with Crippen LogP contribution in [0.5, 0.6) is 0 Å². The molecule has 10 nitrogen and oxygen atoms in total. The van der Waals surface area contributed by atoms with Crippen molar-refractivity contribution in [1.82, 2.24) is 25.7 Å². The van der Waals surface area contributed by atoms with Crippen molar-refractivity contribution in [3.8, 4) is 11.3 Å². The lowest BCUT2D eigenvalue weighted by Crippen LogP contribution is -2.60. The standard InChI is InChI=1S/C34H46BFN6O4S/c1-9-20-21-12-13-22(28(36)29(21)40-30(20)35-45-33(5,6)34(7,8)46-35)25-16-47-26(38-25)15-24(39-31(43)27-17(2)18(27)3)32(44)42-14-10-11-23(41-42)19(4)37/h12-13,16-18,23-24,27,37,40-41H,9-11,14-15H2,1-8H3,(H,39,43). The molecule has 1 aliphatic carbocycles. The van der Waals surface area contributed by atoms with Gasteiger partial charge in [0.1, 0.15) is 6.04 Å². The third-order valence-corrected chi connectivity index (χ3v) is 11.7. The average molecular weight is 665 g/mol. The first-order chi connectivity index (χ1) is 22.1. The Bertz CT molecular complexity index is 1700. The number of hydrogen-bond donors (Lipinski definition) is 4. The summed E-state index contributed by atoms with van der Waals surface area (Å²) in [7, 11) is -0.644. The molecule has 2 saturated heterocycles. The molecule has 4 unspecified atom stereocenters. The molecule has 2 aromatic heterocycles. The van der Waals surface area contributed by atoms with Crippen molar-refractivity contribution < 1.29 is 23.3 Å². The zero-order valence-corrected chi connectivity index (χ0v) is 29.4. The molecule has 0 spiro atoms. The minimum atomic E-state index is -0.843. The van der Waals surface area contributed by atoms with Gasteiger partial charge in [-0.15, -0.1) is 11.3 Å². The Morgan fingerprint density at radius 3 is 2.51 bits per heavy atom. The lowest BCUT2D eigenvalue weighted by atomic mass is 9.81. The number of benzene rings is 1. The van der Waals surface area contributed by atoms with Crippen molar-refractivity contribution >= 4 is 52.5 Å². The van der Waals surface area contributed by atoms with Crippen LogP contribution in [-0.4, -0.2) is 69.5 Å². The van der Waals surface area contributed by atoms with Gasteiger partial charge in [0.15, 0.2) is 5.82 Å². The summed E-state index contributed by atoms with van der Waals surface area (Å²) < 4.78 is 28.9. The quantitative estimate of drug-likeness (QED) is 0.193. The molecule has 6 rings (SSSR count). The van der Waals surface area contributed by atoms with Crippen LogP contribution in [0, 0.1) is 29.0 Å². The molecule has 0 bridgehead atoms. The van der Waals surface area contributed by atoms with Gasteiger partial charge in [-0.3, -0.25) is 14.6 Å². The maximum Gasteiger partial charge on any atom is 0.512 e. The van der Waals surface area contributed by atoms with E-state index in [1.54, 1.807) is 18.4 Å². The molecule has 2 aliphatic heterocycles. The summed E-state index contributed by atoms with van der Waals surface area (Å²) in [5, 5.41) is 15.8. The second-order valence-corrected chi connectivity index (χ2v) is 15.4. The Morgan fingerprint density at radius 1 is 1.21 bits per heavy atom. The minimum Gasteiger partial charge on any atom is -0.398 e. The molecular weight excluding hydrogens is 618 g/mol. The van der Waals surface area contributed by atoms with Gasteiger partial charge in [0.2, 0.25) is 5.91 Å². The molecule has 13 heteroatoms. The van der Waals surface area contributed by atoms with Gasteiger partial charge in [0, 0.05) is 46.5 Å². The fourth-order valence-corrected chi connectivity index (χ4v) is 7.64. The highest BCUT2D eigenvalue weighted by Crippen LogP contribution is 2.45. The zero-order chi connectivity index (χ0) is 34.0.